The van der Waals surface area contributed by atoms with E-state index in [4.69, 9.17) is 9.84 Å². The normalized spacial score (nSPS) is 13.3. The average Bonchev–Trinajstić information content (AvgIpc) is 2.45. The van der Waals surface area contributed by atoms with E-state index in [0.29, 0.717) is 12.8 Å². The van der Waals surface area contributed by atoms with Gasteiger partial charge in [0.05, 0.1) is 6.61 Å². The lowest BCUT2D eigenvalue weighted by molar-refractivity contribution is -0.147. The molecule has 0 aliphatic rings. The Bertz CT molecular complexity index is 506. The first-order valence-corrected chi connectivity index (χ1v) is 6.81. The van der Waals surface area contributed by atoms with Gasteiger partial charge in [-0.15, -0.1) is 0 Å². The van der Waals surface area contributed by atoms with Crippen LogP contribution in [0.3, 0.4) is 0 Å². The molecule has 0 saturated carbocycles. The first kappa shape index (κ1) is 16.9. The quantitative estimate of drug-likeness (QED) is 0.722. The van der Waals surface area contributed by atoms with Crippen LogP contribution in [0, 0.1) is 5.82 Å². The van der Waals surface area contributed by atoms with Crippen LogP contribution >= 0.6 is 0 Å². The maximum Gasteiger partial charge on any atom is 0.329 e. The molecule has 1 aromatic carbocycles. The second-order valence-corrected chi connectivity index (χ2v) is 4.92. The fourth-order valence-electron chi connectivity index (χ4n) is 1.64. The molecule has 0 saturated heterocycles. The number of aliphatic carboxylic acids is 1. The third kappa shape index (κ3) is 5.06. The Labute approximate surface area is 123 Å². The van der Waals surface area contributed by atoms with E-state index < -0.39 is 17.3 Å². The Morgan fingerprint density at radius 2 is 2.05 bits per heavy atom. The SMILES string of the molecule is CCC(C)(NC(=O)CCCOc1ccccc1F)C(=O)O. The summed E-state index contributed by atoms with van der Waals surface area (Å²) in [5, 5.41) is 11.5. The molecule has 1 aromatic rings. The number of carbonyl (C=O) groups is 2. The van der Waals surface area contributed by atoms with Crippen LogP contribution in [-0.2, 0) is 9.59 Å². The van der Waals surface area contributed by atoms with Gasteiger partial charge < -0.3 is 15.2 Å². The fourth-order valence-corrected chi connectivity index (χ4v) is 1.64. The molecule has 0 fully saturated rings. The van der Waals surface area contributed by atoms with Gasteiger partial charge in [-0.2, -0.15) is 0 Å². The highest BCUT2D eigenvalue weighted by Crippen LogP contribution is 2.15. The summed E-state index contributed by atoms with van der Waals surface area (Å²) in [4.78, 5) is 22.8. The number of benzene rings is 1. The molecule has 0 spiro atoms. The smallest absolute Gasteiger partial charge is 0.329 e. The van der Waals surface area contributed by atoms with Gasteiger partial charge in [-0.05, 0) is 31.9 Å². The van der Waals surface area contributed by atoms with Gasteiger partial charge in [-0.25, -0.2) is 9.18 Å². The summed E-state index contributed by atoms with van der Waals surface area (Å²) in [5.74, 6) is -1.74. The van der Waals surface area contributed by atoms with Crippen LogP contribution in [0.15, 0.2) is 24.3 Å². The van der Waals surface area contributed by atoms with Crippen molar-refractivity contribution in [3.05, 3.63) is 30.1 Å². The Morgan fingerprint density at radius 3 is 2.62 bits per heavy atom. The number of nitrogens with one attached hydrogen (secondary N) is 1. The standard InChI is InChI=1S/C15H20FNO4/c1-3-15(2,14(19)20)17-13(18)9-6-10-21-12-8-5-4-7-11(12)16/h4-5,7-8H,3,6,9-10H2,1-2H3,(H,17,18)(H,19,20). The zero-order chi connectivity index (χ0) is 15.9. The maximum absolute atomic E-state index is 13.3. The van der Waals surface area contributed by atoms with Crippen molar-refractivity contribution in [2.45, 2.75) is 38.6 Å². The average molecular weight is 297 g/mol. The van der Waals surface area contributed by atoms with E-state index in [0.717, 1.165) is 0 Å². The molecular formula is C15H20FNO4. The van der Waals surface area contributed by atoms with Crippen LogP contribution in [0.25, 0.3) is 0 Å². The molecule has 1 amide bonds. The van der Waals surface area contributed by atoms with Crippen molar-refractivity contribution in [3.8, 4) is 5.75 Å². The summed E-state index contributed by atoms with van der Waals surface area (Å²) in [7, 11) is 0. The Hall–Kier alpha value is -2.11. The summed E-state index contributed by atoms with van der Waals surface area (Å²) in [6.07, 6.45) is 0.788. The molecule has 21 heavy (non-hydrogen) atoms. The number of amides is 1. The molecule has 116 valence electrons. The molecule has 1 atom stereocenters. The molecule has 6 heteroatoms. The number of halogens is 1. The third-order valence-corrected chi connectivity index (χ3v) is 3.24. The molecule has 0 heterocycles. The van der Waals surface area contributed by atoms with Crippen LogP contribution in [0.4, 0.5) is 4.39 Å². The van der Waals surface area contributed by atoms with Gasteiger partial charge in [-0.1, -0.05) is 19.1 Å². The summed E-state index contributed by atoms with van der Waals surface area (Å²) < 4.78 is 18.5. The lowest BCUT2D eigenvalue weighted by Crippen LogP contribution is -2.51. The van der Waals surface area contributed by atoms with Gasteiger partial charge in [0.15, 0.2) is 11.6 Å². The van der Waals surface area contributed by atoms with E-state index in [2.05, 4.69) is 5.32 Å². The molecule has 0 aromatic heterocycles. The molecule has 0 aliphatic heterocycles. The van der Waals surface area contributed by atoms with Crippen LogP contribution in [0.5, 0.6) is 5.75 Å². The second-order valence-electron chi connectivity index (χ2n) is 4.92. The largest absolute Gasteiger partial charge is 0.491 e. The Balaban J connectivity index is 2.34. The maximum atomic E-state index is 13.3. The first-order valence-electron chi connectivity index (χ1n) is 6.81. The van der Waals surface area contributed by atoms with E-state index in [-0.39, 0.29) is 24.7 Å². The van der Waals surface area contributed by atoms with Crippen LogP contribution in [0.2, 0.25) is 0 Å². The van der Waals surface area contributed by atoms with Crippen molar-refractivity contribution >= 4 is 11.9 Å². The lowest BCUT2D eigenvalue weighted by atomic mass is 9.99. The topological polar surface area (TPSA) is 75.6 Å². The summed E-state index contributed by atoms with van der Waals surface area (Å²) >= 11 is 0. The number of rotatable bonds is 8. The summed E-state index contributed by atoms with van der Waals surface area (Å²) in [6, 6.07) is 6.02. The van der Waals surface area contributed by atoms with Gasteiger partial charge in [0.1, 0.15) is 5.54 Å². The Kier molecular flexibility index (Phi) is 6.14. The fraction of sp³-hybridized carbons (Fsp3) is 0.467. The number of ether oxygens (including phenoxy) is 1. The molecule has 5 nitrogen and oxygen atoms in total. The molecule has 0 radical (unpaired) electrons. The predicted octanol–water partition coefficient (Wildman–Crippen LogP) is 2.35. The molecule has 0 aliphatic carbocycles. The zero-order valence-corrected chi connectivity index (χ0v) is 12.2. The van der Waals surface area contributed by atoms with Crippen molar-refractivity contribution in [1.82, 2.24) is 5.32 Å². The second kappa shape index (κ2) is 7.61. The third-order valence-electron chi connectivity index (χ3n) is 3.24. The van der Waals surface area contributed by atoms with E-state index >= 15 is 0 Å². The molecule has 0 bridgehead atoms. The van der Waals surface area contributed by atoms with Crippen LogP contribution < -0.4 is 10.1 Å². The number of hydrogen-bond donors (Lipinski definition) is 2. The minimum atomic E-state index is -1.26. The van der Waals surface area contributed by atoms with Gasteiger partial charge in [0, 0.05) is 6.42 Å². The highest BCUT2D eigenvalue weighted by molar-refractivity contribution is 5.86. The first-order chi connectivity index (χ1) is 9.89. The van der Waals surface area contributed by atoms with E-state index in [1.165, 1.54) is 19.1 Å². The Morgan fingerprint density at radius 1 is 1.38 bits per heavy atom. The van der Waals surface area contributed by atoms with Crippen LogP contribution in [0.1, 0.15) is 33.1 Å². The summed E-state index contributed by atoms with van der Waals surface area (Å²) in [5.41, 5.74) is -1.26. The van der Waals surface area contributed by atoms with Crippen molar-refractivity contribution < 1.29 is 23.8 Å². The number of carboxylic acid groups (broad SMARTS) is 1. The van der Waals surface area contributed by atoms with Crippen molar-refractivity contribution in [2.24, 2.45) is 0 Å². The van der Waals surface area contributed by atoms with E-state index in [1.807, 2.05) is 0 Å². The predicted molar refractivity (Wildman–Crippen MR) is 75.6 cm³/mol. The molecule has 1 rings (SSSR count). The zero-order valence-electron chi connectivity index (χ0n) is 12.2. The molecular weight excluding hydrogens is 277 g/mol. The highest BCUT2D eigenvalue weighted by atomic mass is 19.1. The minimum absolute atomic E-state index is 0.122. The minimum Gasteiger partial charge on any atom is -0.491 e. The van der Waals surface area contributed by atoms with Gasteiger partial charge in [0.2, 0.25) is 5.91 Å². The number of hydrogen-bond acceptors (Lipinski definition) is 3. The van der Waals surface area contributed by atoms with Gasteiger partial charge >= 0.3 is 5.97 Å². The monoisotopic (exact) mass is 297 g/mol. The van der Waals surface area contributed by atoms with Crippen molar-refractivity contribution in [3.63, 3.8) is 0 Å². The van der Waals surface area contributed by atoms with Gasteiger partial charge in [0.25, 0.3) is 0 Å². The molecule has 1 unspecified atom stereocenters. The van der Waals surface area contributed by atoms with E-state index in [9.17, 15) is 14.0 Å². The number of carbonyl (C=O) groups excluding carboxylic acids is 1. The number of carboxylic acids is 1. The summed E-state index contributed by atoms with van der Waals surface area (Å²) in [6.45, 7) is 3.34. The molecule has 2 N–H and O–H groups in total. The lowest BCUT2D eigenvalue weighted by Gasteiger charge is -2.24. The van der Waals surface area contributed by atoms with Crippen molar-refractivity contribution in [1.29, 1.82) is 0 Å². The number of para-hydroxylation sites is 1. The van der Waals surface area contributed by atoms with Crippen LogP contribution in [-0.4, -0.2) is 29.1 Å². The van der Waals surface area contributed by atoms with Crippen molar-refractivity contribution in [2.75, 3.05) is 6.61 Å². The highest BCUT2D eigenvalue weighted by Gasteiger charge is 2.32. The van der Waals surface area contributed by atoms with E-state index in [1.54, 1.807) is 19.1 Å². The van der Waals surface area contributed by atoms with Gasteiger partial charge in [-0.3, -0.25) is 4.79 Å².